The molecule has 1 aromatic heterocycles. The SMILES string of the molecule is CCNC(=NCc1cc2c(cc1OCC)CC(C)O2)NCCCc1cnn(C)c1. The number of rotatable bonds is 9. The van der Waals surface area contributed by atoms with Crippen LogP contribution in [0.1, 0.15) is 43.9 Å². The molecule has 0 saturated heterocycles. The van der Waals surface area contributed by atoms with Crippen LogP contribution in [0.25, 0.3) is 0 Å². The first-order valence-corrected chi connectivity index (χ1v) is 10.5. The molecule has 0 amide bonds. The summed E-state index contributed by atoms with van der Waals surface area (Å²) in [7, 11) is 1.94. The Bertz CT molecular complexity index is 831. The monoisotopic (exact) mass is 399 g/mol. The van der Waals surface area contributed by atoms with Crippen molar-refractivity contribution in [1.82, 2.24) is 20.4 Å². The van der Waals surface area contributed by atoms with E-state index in [0.29, 0.717) is 13.2 Å². The lowest BCUT2D eigenvalue weighted by molar-refractivity contribution is 0.254. The summed E-state index contributed by atoms with van der Waals surface area (Å²) in [5, 5.41) is 10.9. The van der Waals surface area contributed by atoms with E-state index in [1.54, 1.807) is 0 Å². The van der Waals surface area contributed by atoms with Gasteiger partial charge in [-0.05, 0) is 51.3 Å². The highest BCUT2D eigenvalue weighted by Crippen LogP contribution is 2.35. The van der Waals surface area contributed by atoms with Crippen LogP contribution < -0.4 is 20.1 Å². The topological polar surface area (TPSA) is 72.7 Å². The van der Waals surface area contributed by atoms with E-state index >= 15 is 0 Å². The van der Waals surface area contributed by atoms with Crippen molar-refractivity contribution in [2.24, 2.45) is 12.0 Å². The van der Waals surface area contributed by atoms with Crippen LogP contribution in [0.3, 0.4) is 0 Å². The number of hydrogen-bond donors (Lipinski definition) is 2. The number of aliphatic imine (C=N–C) groups is 1. The lowest BCUT2D eigenvalue weighted by atomic mass is 10.1. The summed E-state index contributed by atoms with van der Waals surface area (Å²) < 4.78 is 13.6. The number of aromatic nitrogens is 2. The van der Waals surface area contributed by atoms with Crippen molar-refractivity contribution >= 4 is 5.96 Å². The largest absolute Gasteiger partial charge is 0.494 e. The molecule has 3 rings (SSSR count). The van der Waals surface area contributed by atoms with Gasteiger partial charge >= 0.3 is 0 Å². The fraction of sp³-hybridized carbons (Fsp3) is 0.545. The van der Waals surface area contributed by atoms with Crippen LogP contribution >= 0.6 is 0 Å². The molecule has 1 aliphatic rings. The summed E-state index contributed by atoms with van der Waals surface area (Å²) in [6, 6.07) is 4.20. The number of aryl methyl sites for hydroxylation is 2. The van der Waals surface area contributed by atoms with Crippen LogP contribution in [-0.2, 0) is 26.4 Å². The minimum Gasteiger partial charge on any atom is -0.494 e. The number of fused-ring (bicyclic) bond motifs is 1. The second-order valence-electron chi connectivity index (χ2n) is 7.38. The highest BCUT2D eigenvalue weighted by atomic mass is 16.5. The molecule has 0 bridgehead atoms. The Morgan fingerprint density at radius 1 is 1.34 bits per heavy atom. The fourth-order valence-corrected chi connectivity index (χ4v) is 3.50. The second-order valence-corrected chi connectivity index (χ2v) is 7.38. The van der Waals surface area contributed by atoms with Crippen molar-refractivity contribution < 1.29 is 9.47 Å². The van der Waals surface area contributed by atoms with Gasteiger partial charge in [0.2, 0.25) is 0 Å². The molecule has 0 fully saturated rings. The summed E-state index contributed by atoms with van der Waals surface area (Å²) in [6.07, 6.45) is 7.15. The lowest BCUT2D eigenvalue weighted by Gasteiger charge is -2.14. The van der Waals surface area contributed by atoms with E-state index < -0.39 is 0 Å². The summed E-state index contributed by atoms with van der Waals surface area (Å²) in [5.41, 5.74) is 3.52. The van der Waals surface area contributed by atoms with Gasteiger partial charge in [-0.2, -0.15) is 5.10 Å². The average Bonchev–Trinajstić information content (AvgIpc) is 3.27. The van der Waals surface area contributed by atoms with Crippen molar-refractivity contribution in [3.63, 3.8) is 0 Å². The normalized spacial score (nSPS) is 15.7. The number of guanidine groups is 1. The molecule has 29 heavy (non-hydrogen) atoms. The second kappa shape index (κ2) is 10.2. The summed E-state index contributed by atoms with van der Waals surface area (Å²) in [5.74, 6) is 2.68. The summed E-state index contributed by atoms with van der Waals surface area (Å²) >= 11 is 0. The highest BCUT2D eigenvalue weighted by molar-refractivity contribution is 5.79. The van der Waals surface area contributed by atoms with Gasteiger partial charge in [-0.15, -0.1) is 0 Å². The molecule has 1 aliphatic heterocycles. The van der Waals surface area contributed by atoms with Crippen molar-refractivity contribution in [2.75, 3.05) is 19.7 Å². The molecular weight excluding hydrogens is 366 g/mol. The van der Waals surface area contributed by atoms with Crippen LogP contribution in [0.2, 0.25) is 0 Å². The number of hydrogen-bond acceptors (Lipinski definition) is 4. The Labute approximate surface area is 173 Å². The summed E-state index contributed by atoms with van der Waals surface area (Å²) in [6.45, 7) is 9.02. The third-order valence-corrected chi connectivity index (χ3v) is 4.82. The van der Waals surface area contributed by atoms with E-state index in [2.05, 4.69) is 47.9 Å². The van der Waals surface area contributed by atoms with E-state index in [-0.39, 0.29) is 6.10 Å². The Morgan fingerprint density at radius 3 is 2.93 bits per heavy atom. The highest BCUT2D eigenvalue weighted by Gasteiger charge is 2.21. The van der Waals surface area contributed by atoms with Crippen LogP contribution in [0.4, 0.5) is 0 Å². The number of nitrogens with one attached hydrogen (secondary N) is 2. The van der Waals surface area contributed by atoms with Crippen LogP contribution in [0, 0.1) is 0 Å². The molecule has 0 saturated carbocycles. The first kappa shape index (κ1) is 21.0. The molecule has 1 aromatic carbocycles. The third kappa shape index (κ3) is 5.89. The zero-order valence-electron chi connectivity index (χ0n) is 18.0. The van der Waals surface area contributed by atoms with Gasteiger partial charge in [0.05, 0.1) is 19.3 Å². The molecule has 7 nitrogen and oxygen atoms in total. The minimum absolute atomic E-state index is 0.219. The minimum atomic E-state index is 0.219. The smallest absolute Gasteiger partial charge is 0.191 e. The Morgan fingerprint density at radius 2 is 2.21 bits per heavy atom. The third-order valence-electron chi connectivity index (χ3n) is 4.82. The van der Waals surface area contributed by atoms with Gasteiger partial charge in [0.15, 0.2) is 5.96 Å². The Kier molecular flexibility index (Phi) is 7.38. The van der Waals surface area contributed by atoms with Gasteiger partial charge in [-0.25, -0.2) is 4.99 Å². The zero-order chi connectivity index (χ0) is 20.6. The van der Waals surface area contributed by atoms with Gasteiger partial charge < -0.3 is 20.1 Å². The molecule has 158 valence electrons. The fourth-order valence-electron chi connectivity index (χ4n) is 3.50. The molecule has 2 N–H and O–H groups in total. The zero-order valence-corrected chi connectivity index (χ0v) is 18.0. The van der Waals surface area contributed by atoms with E-state index in [1.807, 2.05) is 24.9 Å². The van der Waals surface area contributed by atoms with Gasteiger partial charge in [-0.3, -0.25) is 4.68 Å². The number of nitrogens with zero attached hydrogens (tertiary/aromatic N) is 3. The first-order valence-electron chi connectivity index (χ1n) is 10.5. The Balaban J connectivity index is 1.60. The van der Waals surface area contributed by atoms with E-state index in [4.69, 9.17) is 14.5 Å². The van der Waals surface area contributed by atoms with Crippen molar-refractivity contribution in [3.8, 4) is 11.5 Å². The predicted octanol–water partition coefficient (Wildman–Crippen LogP) is 2.83. The van der Waals surface area contributed by atoms with Gasteiger partial charge in [0, 0.05) is 43.9 Å². The lowest BCUT2D eigenvalue weighted by Crippen LogP contribution is -2.37. The molecular formula is C22H33N5O2. The van der Waals surface area contributed by atoms with Crippen LogP contribution in [-0.4, -0.2) is 41.5 Å². The Hall–Kier alpha value is -2.70. The van der Waals surface area contributed by atoms with Crippen molar-refractivity contribution in [2.45, 2.75) is 52.7 Å². The first-order chi connectivity index (χ1) is 14.1. The van der Waals surface area contributed by atoms with Gasteiger partial charge in [0.1, 0.15) is 17.6 Å². The van der Waals surface area contributed by atoms with Crippen LogP contribution in [0.5, 0.6) is 11.5 Å². The number of ether oxygens (including phenoxy) is 2. The molecule has 7 heteroatoms. The maximum absolute atomic E-state index is 5.92. The maximum atomic E-state index is 5.92. The van der Waals surface area contributed by atoms with E-state index in [0.717, 1.165) is 55.4 Å². The molecule has 0 spiro atoms. The maximum Gasteiger partial charge on any atom is 0.191 e. The molecule has 0 aliphatic carbocycles. The van der Waals surface area contributed by atoms with Gasteiger partial charge in [0.25, 0.3) is 0 Å². The number of benzene rings is 1. The van der Waals surface area contributed by atoms with Gasteiger partial charge in [-0.1, -0.05) is 0 Å². The van der Waals surface area contributed by atoms with E-state index in [9.17, 15) is 0 Å². The summed E-state index contributed by atoms with van der Waals surface area (Å²) in [4.78, 5) is 4.76. The standard InChI is InChI=1S/C22H33N5O2/c1-5-23-22(24-9-7-8-17-13-26-27(4)15-17)25-14-19-12-21-18(10-16(3)29-21)11-20(19)28-6-2/h11-13,15-16H,5-10,14H2,1-4H3,(H2,23,24,25). The van der Waals surface area contributed by atoms with Crippen molar-refractivity contribution in [1.29, 1.82) is 0 Å². The molecule has 1 unspecified atom stereocenters. The molecule has 2 heterocycles. The van der Waals surface area contributed by atoms with Crippen LogP contribution in [0.15, 0.2) is 29.5 Å². The average molecular weight is 400 g/mol. The molecule has 1 atom stereocenters. The van der Waals surface area contributed by atoms with Crippen molar-refractivity contribution in [3.05, 3.63) is 41.2 Å². The molecule has 0 radical (unpaired) electrons. The predicted molar refractivity (Wildman–Crippen MR) is 116 cm³/mol. The van der Waals surface area contributed by atoms with E-state index in [1.165, 1.54) is 11.1 Å². The quantitative estimate of drug-likeness (QED) is 0.385. The molecule has 2 aromatic rings.